The monoisotopic (exact) mass is 441 g/mol. The van der Waals surface area contributed by atoms with Crippen molar-refractivity contribution in [2.45, 2.75) is 4.90 Å². The Bertz CT molecular complexity index is 1180. The Morgan fingerprint density at radius 1 is 0.935 bits per heavy atom. The highest BCUT2D eigenvalue weighted by molar-refractivity contribution is 7.89. The molecule has 0 saturated carbocycles. The van der Waals surface area contributed by atoms with Crippen LogP contribution in [0.25, 0.3) is 0 Å². The summed E-state index contributed by atoms with van der Waals surface area (Å²) in [6.07, 6.45) is 3.11. The Morgan fingerprint density at radius 2 is 1.74 bits per heavy atom. The first-order chi connectivity index (χ1) is 14.9. The van der Waals surface area contributed by atoms with Crippen molar-refractivity contribution >= 4 is 33.2 Å². The molecule has 1 fully saturated rings. The quantitative estimate of drug-likeness (QED) is 0.450. The van der Waals surface area contributed by atoms with Gasteiger partial charge in [0.15, 0.2) is 0 Å². The Labute approximate surface area is 178 Å². The number of hydrogen-bond acceptors (Lipinski definition) is 9. The highest BCUT2D eigenvalue weighted by atomic mass is 32.2. The van der Waals surface area contributed by atoms with Gasteiger partial charge in [-0.05, 0) is 18.2 Å². The van der Waals surface area contributed by atoms with Crippen molar-refractivity contribution in [2.75, 3.05) is 36.4 Å². The van der Waals surface area contributed by atoms with E-state index in [4.69, 9.17) is 0 Å². The fraction of sp³-hybridized carbons (Fsp3) is 0.211. The summed E-state index contributed by atoms with van der Waals surface area (Å²) in [6.45, 7) is 1.32. The van der Waals surface area contributed by atoms with Crippen LogP contribution in [0.3, 0.4) is 0 Å². The molecule has 12 heteroatoms. The Morgan fingerprint density at radius 3 is 2.45 bits per heavy atom. The first kappa shape index (κ1) is 20.6. The standard InChI is InChI=1S/C19H19N7O4S/c27-26(28)15-4-3-5-16(12-15)31(29,30)25-10-8-24(9-11-25)19-13-18(21-14-22-19)23-17-6-1-2-7-20-17/h1-7,12-14H,8-11H2,(H,20,21,22,23). The summed E-state index contributed by atoms with van der Waals surface area (Å²) in [5.74, 6) is 1.90. The van der Waals surface area contributed by atoms with Crippen LogP contribution < -0.4 is 10.2 Å². The number of sulfonamides is 1. The molecule has 1 N–H and O–H groups in total. The van der Waals surface area contributed by atoms with Gasteiger partial charge in [-0.1, -0.05) is 12.1 Å². The van der Waals surface area contributed by atoms with Crippen LogP contribution in [0.15, 0.2) is 66.0 Å². The number of pyridine rings is 1. The molecule has 4 rings (SSSR count). The van der Waals surface area contributed by atoms with Gasteiger partial charge in [0.25, 0.3) is 5.69 Å². The van der Waals surface area contributed by atoms with E-state index in [0.29, 0.717) is 30.5 Å². The summed E-state index contributed by atoms with van der Waals surface area (Å²) in [5.41, 5.74) is -0.256. The molecule has 0 radical (unpaired) electrons. The van der Waals surface area contributed by atoms with Crippen LogP contribution in [-0.4, -0.2) is 58.8 Å². The lowest BCUT2D eigenvalue weighted by Gasteiger charge is -2.34. The van der Waals surface area contributed by atoms with E-state index in [1.54, 1.807) is 12.3 Å². The molecule has 0 aliphatic carbocycles. The summed E-state index contributed by atoms with van der Waals surface area (Å²) in [7, 11) is -3.82. The maximum Gasteiger partial charge on any atom is 0.270 e. The third kappa shape index (κ3) is 4.59. The fourth-order valence-electron chi connectivity index (χ4n) is 3.22. The lowest BCUT2D eigenvalue weighted by molar-refractivity contribution is -0.385. The van der Waals surface area contributed by atoms with Crippen molar-refractivity contribution in [3.05, 3.63) is 71.2 Å². The zero-order valence-corrected chi connectivity index (χ0v) is 17.1. The van der Waals surface area contributed by atoms with Crippen LogP contribution in [-0.2, 0) is 10.0 Å². The fourth-order valence-corrected chi connectivity index (χ4v) is 4.68. The molecular weight excluding hydrogens is 422 g/mol. The molecule has 0 bridgehead atoms. The normalized spacial score (nSPS) is 14.9. The highest BCUT2D eigenvalue weighted by Crippen LogP contribution is 2.24. The van der Waals surface area contributed by atoms with Crippen molar-refractivity contribution in [1.29, 1.82) is 0 Å². The van der Waals surface area contributed by atoms with E-state index in [2.05, 4.69) is 20.3 Å². The van der Waals surface area contributed by atoms with E-state index in [9.17, 15) is 18.5 Å². The SMILES string of the molecule is O=[N+]([O-])c1cccc(S(=O)(=O)N2CCN(c3cc(Nc4ccccn4)ncn3)CC2)c1. The number of non-ortho nitro benzene ring substituents is 1. The first-order valence-corrected chi connectivity index (χ1v) is 10.9. The van der Waals surface area contributed by atoms with Gasteiger partial charge in [0.1, 0.15) is 23.8 Å². The van der Waals surface area contributed by atoms with Crippen molar-refractivity contribution in [2.24, 2.45) is 0 Å². The minimum absolute atomic E-state index is 0.0842. The average Bonchev–Trinajstić information content (AvgIpc) is 2.80. The third-order valence-corrected chi connectivity index (χ3v) is 6.70. The van der Waals surface area contributed by atoms with Crippen molar-refractivity contribution < 1.29 is 13.3 Å². The molecule has 1 saturated heterocycles. The third-order valence-electron chi connectivity index (χ3n) is 4.80. The van der Waals surface area contributed by atoms with E-state index < -0.39 is 14.9 Å². The van der Waals surface area contributed by atoms with Crippen LogP contribution in [0, 0.1) is 10.1 Å². The van der Waals surface area contributed by atoms with Gasteiger partial charge in [-0.2, -0.15) is 4.31 Å². The summed E-state index contributed by atoms with van der Waals surface area (Å²) in [5, 5.41) is 14.1. The number of rotatable bonds is 6. The predicted octanol–water partition coefficient (Wildman–Crippen LogP) is 2.03. The van der Waals surface area contributed by atoms with Gasteiger partial charge in [-0.15, -0.1) is 0 Å². The van der Waals surface area contributed by atoms with Gasteiger partial charge in [-0.25, -0.2) is 23.4 Å². The highest BCUT2D eigenvalue weighted by Gasteiger charge is 2.30. The summed E-state index contributed by atoms with van der Waals surface area (Å²) >= 11 is 0. The van der Waals surface area contributed by atoms with Gasteiger partial charge in [-0.3, -0.25) is 10.1 Å². The molecule has 1 aliphatic rings. The molecule has 3 heterocycles. The van der Waals surface area contributed by atoms with Crippen molar-refractivity contribution in [3.63, 3.8) is 0 Å². The van der Waals surface area contributed by atoms with Gasteiger partial charge < -0.3 is 10.2 Å². The lowest BCUT2D eigenvalue weighted by atomic mass is 10.3. The van der Waals surface area contributed by atoms with E-state index >= 15 is 0 Å². The van der Waals surface area contributed by atoms with E-state index in [-0.39, 0.29) is 23.7 Å². The molecule has 1 aliphatic heterocycles. The number of anilines is 3. The minimum Gasteiger partial charge on any atom is -0.354 e. The number of nitrogens with one attached hydrogen (secondary N) is 1. The molecule has 0 spiro atoms. The van der Waals surface area contributed by atoms with E-state index in [1.165, 1.54) is 28.8 Å². The average molecular weight is 441 g/mol. The van der Waals surface area contributed by atoms with Crippen LogP contribution >= 0.6 is 0 Å². The Balaban J connectivity index is 1.44. The predicted molar refractivity (Wildman–Crippen MR) is 114 cm³/mol. The zero-order chi connectivity index (χ0) is 21.8. The second kappa shape index (κ2) is 8.62. The molecule has 11 nitrogen and oxygen atoms in total. The Kier molecular flexibility index (Phi) is 5.73. The van der Waals surface area contributed by atoms with Gasteiger partial charge in [0.05, 0.1) is 9.82 Å². The van der Waals surface area contributed by atoms with Crippen LogP contribution in [0.5, 0.6) is 0 Å². The molecule has 0 unspecified atom stereocenters. The number of nitro benzene ring substituents is 1. The zero-order valence-electron chi connectivity index (χ0n) is 16.3. The molecule has 0 amide bonds. The number of aromatic nitrogens is 3. The molecule has 0 atom stereocenters. The molecule has 2 aromatic heterocycles. The summed E-state index contributed by atoms with van der Waals surface area (Å²) < 4.78 is 27.1. The number of nitrogens with zero attached hydrogens (tertiary/aromatic N) is 6. The van der Waals surface area contributed by atoms with Crippen LogP contribution in [0.4, 0.5) is 23.1 Å². The maximum absolute atomic E-state index is 12.9. The second-order valence-corrected chi connectivity index (χ2v) is 8.68. The summed E-state index contributed by atoms with van der Waals surface area (Å²) in [6, 6.07) is 12.4. The van der Waals surface area contributed by atoms with Gasteiger partial charge in [0.2, 0.25) is 10.0 Å². The molecule has 3 aromatic rings. The lowest BCUT2D eigenvalue weighted by Crippen LogP contribution is -2.48. The van der Waals surface area contributed by atoms with Crippen LogP contribution in [0.1, 0.15) is 0 Å². The van der Waals surface area contributed by atoms with E-state index in [0.717, 1.165) is 6.07 Å². The number of benzene rings is 1. The van der Waals surface area contributed by atoms with Crippen molar-refractivity contribution in [1.82, 2.24) is 19.3 Å². The van der Waals surface area contributed by atoms with Gasteiger partial charge in [0, 0.05) is 50.6 Å². The number of piperazine rings is 1. The maximum atomic E-state index is 12.9. The topological polar surface area (TPSA) is 134 Å². The smallest absolute Gasteiger partial charge is 0.270 e. The summed E-state index contributed by atoms with van der Waals surface area (Å²) in [4.78, 5) is 24.9. The Hall–Kier alpha value is -3.64. The number of hydrogen-bond donors (Lipinski definition) is 1. The molecular formula is C19H19N7O4S. The molecule has 31 heavy (non-hydrogen) atoms. The second-order valence-electron chi connectivity index (χ2n) is 6.75. The molecule has 160 valence electrons. The van der Waals surface area contributed by atoms with Gasteiger partial charge >= 0.3 is 0 Å². The minimum atomic E-state index is -3.82. The van der Waals surface area contributed by atoms with Crippen LogP contribution in [0.2, 0.25) is 0 Å². The molecule has 1 aromatic carbocycles. The largest absolute Gasteiger partial charge is 0.354 e. The first-order valence-electron chi connectivity index (χ1n) is 9.43. The van der Waals surface area contributed by atoms with E-state index in [1.807, 2.05) is 23.1 Å². The van der Waals surface area contributed by atoms with Crippen molar-refractivity contribution in [3.8, 4) is 0 Å². The number of nitro groups is 1.